The second-order valence-electron chi connectivity index (χ2n) is 6.40. The molecule has 3 rings (SSSR count). The van der Waals surface area contributed by atoms with Crippen molar-refractivity contribution in [1.82, 2.24) is 5.32 Å². The standard InChI is InChI=1S/C20H23NO4/c1-13(19(22)21-14-7-3-4-8-14)25-20(23)17-11-12-18(24-2)16-10-6-5-9-15(16)17/h5-6,9-14H,3-4,7-8H2,1-2H3,(H,21,22)/t13-/m0/s1. The molecule has 2 aromatic carbocycles. The van der Waals surface area contributed by atoms with E-state index in [1.165, 1.54) is 0 Å². The van der Waals surface area contributed by atoms with E-state index in [1.807, 2.05) is 24.3 Å². The summed E-state index contributed by atoms with van der Waals surface area (Å²) in [4.78, 5) is 24.8. The van der Waals surface area contributed by atoms with Gasteiger partial charge in [-0.1, -0.05) is 37.1 Å². The molecule has 132 valence electrons. The van der Waals surface area contributed by atoms with Gasteiger partial charge >= 0.3 is 5.97 Å². The Balaban J connectivity index is 1.74. The van der Waals surface area contributed by atoms with E-state index >= 15 is 0 Å². The van der Waals surface area contributed by atoms with Crippen molar-refractivity contribution in [2.45, 2.75) is 44.8 Å². The van der Waals surface area contributed by atoms with E-state index < -0.39 is 12.1 Å². The van der Waals surface area contributed by atoms with Gasteiger partial charge in [-0.15, -0.1) is 0 Å². The summed E-state index contributed by atoms with van der Waals surface area (Å²) in [7, 11) is 1.59. The number of hydrogen-bond donors (Lipinski definition) is 1. The van der Waals surface area contributed by atoms with Crippen molar-refractivity contribution in [2.75, 3.05) is 7.11 Å². The predicted octanol–water partition coefficient (Wildman–Crippen LogP) is 3.45. The molecule has 0 heterocycles. The fraction of sp³-hybridized carbons (Fsp3) is 0.400. The molecule has 1 amide bonds. The molecule has 0 bridgehead atoms. The Kier molecular flexibility index (Phi) is 5.22. The van der Waals surface area contributed by atoms with E-state index in [9.17, 15) is 9.59 Å². The average Bonchev–Trinajstić information content (AvgIpc) is 3.13. The molecule has 1 atom stereocenters. The topological polar surface area (TPSA) is 64.6 Å². The molecule has 1 aliphatic carbocycles. The van der Waals surface area contributed by atoms with Crippen LogP contribution in [0.1, 0.15) is 43.0 Å². The van der Waals surface area contributed by atoms with Gasteiger partial charge in [0.1, 0.15) is 5.75 Å². The number of fused-ring (bicyclic) bond motifs is 1. The highest BCUT2D eigenvalue weighted by molar-refractivity contribution is 6.06. The Morgan fingerprint density at radius 2 is 1.76 bits per heavy atom. The van der Waals surface area contributed by atoms with E-state index in [0.29, 0.717) is 11.3 Å². The monoisotopic (exact) mass is 341 g/mol. The van der Waals surface area contributed by atoms with Gasteiger partial charge in [0.2, 0.25) is 0 Å². The third kappa shape index (κ3) is 3.76. The average molecular weight is 341 g/mol. The van der Waals surface area contributed by atoms with Crippen molar-refractivity contribution in [3.05, 3.63) is 42.0 Å². The third-order valence-electron chi connectivity index (χ3n) is 4.68. The Morgan fingerprint density at radius 1 is 1.08 bits per heavy atom. The zero-order chi connectivity index (χ0) is 17.8. The summed E-state index contributed by atoms with van der Waals surface area (Å²) in [6.07, 6.45) is 3.44. The van der Waals surface area contributed by atoms with Crippen molar-refractivity contribution in [3.8, 4) is 5.75 Å². The summed E-state index contributed by atoms with van der Waals surface area (Å²) < 4.78 is 10.7. The van der Waals surface area contributed by atoms with Crippen molar-refractivity contribution < 1.29 is 19.1 Å². The third-order valence-corrected chi connectivity index (χ3v) is 4.68. The lowest BCUT2D eigenvalue weighted by Gasteiger charge is -2.18. The molecular weight excluding hydrogens is 318 g/mol. The molecule has 25 heavy (non-hydrogen) atoms. The molecule has 0 radical (unpaired) electrons. The van der Waals surface area contributed by atoms with Crippen LogP contribution < -0.4 is 10.1 Å². The van der Waals surface area contributed by atoms with Crippen molar-refractivity contribution in [3.63, 3.8) is 0 Å². The normalized spacial score (nSPS) is 15.8. The molecule has 1 aliphatic rings. The molecule has 0 saturated heterocycles. The van der Waals surface area contributed by atoms with Gasteiger partial charge in [0, 0.05) is 11.4 Å². The maximum absolute atomic E-state index is 12.6. The molecule has 0 unspecified atom stereocenters. The highest BCUT2D eigenvalue weighted by atomic mass is 16.5. The minimum Gasteiger partial charge on any atom is -0.496 e. The molecule has 1 saturated carbocycles. The summed E-state index contributed by atoms with van der Waals surface area (Å²) in [5.74, 6) is -0.0508. The van der Waals surface area contributed by atoms with Crippen LogP contribution in [0.5, 0.6) is 5.75 Å². The van der Waals surface area contributed by atoms with Gasteiger partial charge in [0.15, 0.2) is 6.10 Å². The lowest BCUT2D eigenvalue weighted by Crippen LogP contribution is -2.40. The Hall–Kier alpha value is -2.56. The van der Waals surface area contributed by atoms with Gasteiger partial charge in [-0.05, 0) is 37.3 Å². The molecular formula is C20H23NO4. The highest BCUT2D eigenvalue weighted by Gasteiger charge is 2.24. The molecule has 0 spiro atoms. The van der Waals surface area contributed by atoms with E-state index in [1.54, 1.807) is 26.2 Å². The van der Waals surface area contributed by atoms with Crippen molar-refractivity contribution in [2.24, 2.45) is 0 Å². The molecule has 1 N–H and O–H groups in total. The summed E-state index contributed by atoms with van der Waals surface area (Å²) in [5, 5.41) is 4.54. The number of ether oxygens (including phenoxy) is 2. The number of esters is 1. The van der Waals surface area contributed by atoms with E-state index in [2.05, 4.69) is 5.32 Å². The minimum atomic E-state index is -0.825. The smallest absolute Gasteiger partial charge is 0.339 e. The zero-order valence-corrected chi connectivity index (χ0v) is 14.6. The Labute approximate surface area is 147 Å². The van der Waals surface area contributed by atoms with Gasteiger partial charge in [-0.25, -0.2) is 4.79 Å². The van der Waals surface area contributed by atoms with Gasteiger partial charge in [0.05, 0.1) is 12.7 Å². The second kappa shape index (κ2) is 7.55. The number of carbonyl (C=O) groups is 2. The quantitative estimate of drug-likeness (QED) is 0.846. The highest BCUT2D eigenvalue weighted by Crippen LogP contribution is 2.29. The van der Waals surface area contributed by atoms with Crippen molar-refractivity contribution in [1.29, 1.82) is 0 Å². The minimum absolute atomic E-state index is 0.204. The van der Waals surface area contributed by atoms with Crippen LogP contribution >= 0.6 is 0 Å². The van der Waals surface area contributed by atoms with Gasteiger partial charge in [-0.3, -0.25) is 4.79 Å². The number of carbonyl (C=O) groups excluding carboxylic acids is 2. The molecule has 5 heteroatoms. The van der Waals surface area contributed by atoms with Crippen LogP contribution in [0.2, 0.25) is 0 Å². The Morgan fingerprint density at radius 3 is 2.44 bits per heavy atom. The molecule has 2 aromatic rings. The van der Waals surface area contributed by atoms with Crippen LogP contribution in [0, 0.1) is 0 Å². The fourth-order valence-electron chi connectivity index (χ4n) is 3.29. The fourth-order valence-corrected chi connectivity index (χ4v) is 3.29. The molecule has 0 aliphatic heterocycles. The lowest BCUT2D eigenvalue weighted by atomic mass is 10.0. The zero-order valence-electron chi connectivity index (χ0n) is 14.6. The summed E-state index contributed by atoms with van der Waals surface area (Å²) in [6, 6.07) is 11.1. The lowest BCUT2D eigenvalue weighted by molar-refractivity contribution is -0.129. The Bertz CT molecular complexity index is 780. The van der Waals surface area contributed by atoms with Crippen LogP contribution in [0.4, 0.5) is 0 Å². The largest absolute Gasteiger partial charge is 0.496 e. The first kappa shape index (κ1) is 17.3. The van der Waals surface area contributed by atoms with Crippen LogP contribution in [0.15, 0.2) is 36.4 Å². The van der Waals surface area contributed by atoms with Gasteiger partial charge < -0.3 is 14.8 Å². The summed E-state index contributed by atoms with van der Waals surface area (Å²) in [5.41, 5.74) is 0.428. The van der Waals surface area contributed by atoms with Crippen LogP contribution in [-0.2, 0) is 9.53 Å². The SMILES string of the molecule is COc1ccc(C(=O)O[C@@H](C)C(=O)NC2CCCC2)c2ccccc12. The first-order valence-corrected chi connectivity index (χ1v) is 8.67. The van der Waals surface area contributed by atoms with Crippen molar-refractivity contribution >= 4 is 22.6 Å². The first-order valence-electron chi connectivity index (χ1n) is 8.67. The second-order valence-corrected chi connectivity index (χ2v) is 6.40. The van der Waals surface area contributed by atoms with Crippen LogP contribution in [-0.4, -0.2) is 31.1 Å². The molecule has 0 aromatic heterocycles. The number of hydrogen-bond acceptors (Lipinski definition) is 4. The predicted molar refractivity (Wildman–Crippen MR) is 95.8 cm³/mol. The number of benzene rings is 2. The van der Waals surface area contributed by atoms with E-state index in [4.69, 9.17) is 9.47 Å². The maximum atomic E-state index is 12.6. The molecule has 1 fully saturated rings. The van der Waals surface area contributed by atoms with Crippen LogP contribution in [0.3, 0.4) is 0 Å². The molecule has 5 nitrogen and oxygen atoms in total. The summed E-state index contributed by atoms with van der Waals surface area (Å²) >= 11 is 0. The number of amides is 1. The van der Waals surface area contributed by atoms with Gasteiger partial charge in [0.25, 0.3) is 5.91 Å². The van der Waals surface area contributed by atoms with E-state index in [-0.39, 0.29) is 11.9 Å². The van der Waals surface area contributed by atoms with Gasteiger partial charge in [-0.2, -0.15) is 0 Å². The number of methoxy groups -OCH3 is 1. The number of rotatable bonds is 5. The first-order chi connectivity index (χ1) is 12.1. The number of nitrogens with one attached hydrogen (secondary N) is 1. The van der Waals surface area contributed by atoms with Crippen LogP contribution in [0.25, 0.3) is 10.8 Å². The summed E-state index contributed by atoms with van der Waals surface area (Å²) in [6.45, 7) is 1.61. The van der Waals surface area contributed by atoms with E-state index in [0.717, 1.165) is 36.5 Å². The maximum Gasteiger partial charge on any atom is 0.339 e.